The normalized spacial score (nSPS) is 24.9. The van der Waals surface area contributed by atoms with Crippen molar-refractivity contribution in [3.63, 3.8) is 0 Å². The maximum Gasteiger partial charge on any atom is 0.199 e. The number of aromatic nitrogens is 1. The summed E-state index contributed by atoms with van der Waals surface area (Å²) in [5, 5.41) is 0. The van der Waals surface area contributed by atoms with Crippen molar-refractivity contribution < 1.29 is 9.15 Å². The lowest BCUT2D eigenvalue weighted by atomic mass is 10.1. The Kier molecular flexibility index (Phi) is 3.43. The summed E-state index contributed by atoms with van der Waals surface area (Å²) >= 11 is 0. The van der Waals surface area contributed by atoms with Crippen LogP contribution >= 0.6 is 0 Å². The van der Waals surface area contributed by atoms with Crippen LogP contribution in [0.5, 0.6) is 0 Å². The second kappa shape index (κ2) is 5.43. The van der Waals surface area contributed by atoms with Gasteiger partial charge in [0.15, 0.2) is 11.5 Å². The summed E-state index contributed by atoms with van der Waals surface area (Å²) in [5.41, 5.74) is 3.15. The van der Waals surface area contributed by atoms with Crippen molar-refractivity contribution >= 4 is 11.1 Å². The van der Waals surface area contributed by atoms with Gasteiger partial charge in [-0.1, -0.05) is 6.07 Å². The van der Waals surface area contributed by atoms with Gasteiger partial charge in [0.05, 0.1) is 0 Å². The Balaban J connectivity index is 1.50. The zero-order chi connectivity index (χ0) is 14.2. The van der Waals surface area contributed by atoms with E-state index in [1.54, 1.807) is 0 Å². The standard InChI is InChI=1S/C17H22N2O2/c1-12-2-3-16-15(10-12)18-17(21-16)13-4-7-19(11-13)14-5-8-20-9-6-14/h2-3,10,13-14H,4-9,11H2,1H3/t13-/m1/s1. The number of oxazole rings is 1. The lowest BCUT2D eigenvalue weighted by Gasteiger charge is -2.30. The molecule has 0 aliphatic carbocycles. The minimum Gasteiger partial charge on any atom is -0.440 e. The molecule has 0 N–H and O–H groups in total. The third kappa shape index (κ3) is 2.58. The molecule has 0 radical (unpaired) electrons. The molecule has 2 aliphatic heterocycles. The fraction of sp³-hybridized carbons (Fsp3) is 0.588. The van der Waals surface area contributed by atoms with Gasteiger partial charge in [-0.15, -0.1) is 0 Å². The van der Waals surface area contributed by atoms with Gasteiger partial charge >= 0.3 is 0 Å². The van der Waals surface area contributed by atoms with Crippen molar-refractivity contribution in [2.75, 3.05) is 26.3 Å². The number of nitrogens with zero attached hydrogens (tertiary/aromatic N) is 2. The van der Waals surface area contributed by atoms with E-state index in [0.717, 1.165) is 49.7 Å². The molecule has 1 aromatic carbocycles. The molecule has 2 saturated heterocycles. The van der Waals surface area contributed by atoms with Crippen molar-refractivity contribution in [2.24, 2.45) is 0 Å². The number of hydrogen-bond acceptors (Lipinski definition) is 4. The lowest BCUT2D eigenvalue weighted by molar-refractivity contribution is 0.0417. The second-order valence-corrected chi connectivity index (χ2v) is 6.35. The largest absolute Gasteiger partial charge is 0.440 e. The zero-order valence-electron chi connectivity index (χ0n) is 12.5. The van der Waals surface area contributed by atoms with Crippen LogP contribution < -0.4 is 0 Å². The molecule has 4 rings (SSSR count). The minimum absolute atomic E-state index is 0.445. The average molecular weight is 286 g/mol. The van der Waals surface area contributed by atoms with Gasteiger partial charge in [-0.25, -0.2) is 4.98 Å². The summed E-state index contributed by atoms with van der Waals surface area (Å²) in [6.45, 7) is 6.15. The van der Waals surface area contributed by atoms with Crippen LogP contribution in [-0.2, 0) is 4.74 Å². The van der Waals surface area contributed by atoms with E-state index in [4.69, 9.17) is 14.1 Å². The highest BCUT2D eigenvalue weighted by molar-refractivity contribution is 5.73. The highest BCUT2D eigenvalue weighted by Gasteiger charge is 2.32. The molecule has 21 heavy (non-hydrogen) atoms. The summed E-state index contributed by atoms with van der Waals surface area (Å²) in [4.78, 5) is 7.32. The van der Waals surface area contributed by atoms with E-state index >= 15 is 0 Å². The average Bonchev–Trinajstić information content (AvgIpc) is 3.14. The summed E-state index contributed by atoms with van der Waals surface area (Å²) in [7, 11) is 0. The number of ether oxygens (including phenoxy) is 1. The Hall–Kier alpha value is -1.39. The van der Waals surface area contributed by atoms with Gasteiger partial charge in [0.1, 0.15) is 5.52 Å². The third-order valence-electron chi connectivity index (χ3n) is 4.84. The van der Waals surface area contributed by atoms with Crippen LogP contribution in [0.1, 0.15) is 36.6 Å². The Morgan fingerprint density at radius 1 is 1.19 bits per heavy atom. The molecule has 0 saturated carbocycles. The molecule has 1 aromatic heterocycles. The van der Waals surface area contributed by atoms with Crippen molar-refractivity contribution in [1.82, 2.24) is 9.88 Å². The summed E-state index contributed by atoms with van der Waals surface area (Å²) < 4.78 is 11.4. The molecule has 4 heteroatoms. The predicted octanol–water partition coefficient (Wildman–Crippen LogP) is 3.10. The molecule has 0 bridgehead atoms. The van der Waals surface area contributed by atoms with Gasteiger partial charge in [0.2, 0.25) is 0 Å². The fourth-order valence-electron chi connectivity index (χ4n) is 3.60. The first-order valence-corrected chi connectivity index (χ1v) is 7.98. The lowest BCUT2D eigenvalue weighted by Crippen LogP contribution is -2.37. The quantitative estimate of drug-likeness (QED) is 0.850. The van der Waals surface area contributed by atoms with E-state index < -0.39 is 0 Å². The van der Waals surface area contributed by atoms with E-state index in [1.807, 2.05) is 6.07 Å². The highest BCUT2D eigenvalue weighted by Crippen LogP contribution is 2.32. The van der Waals surface area contributed by atoms with Gasteiger partial charge in [-0.2, -0.15) is 0 Å². The molecule has 2 aromatic rings. The zero-order valence-corrected chi connectivity index (χ0v) is 12.5. The Bertz CT molecular complexity index is 631. The molecule has 2 fully saturated rings. The van der Waals surface area contributed by atoms with Gasteiger partial charge in [-0.3, -0.25) is 4.90 Å². The van der Waals surface area contributed by atoms with Crippen molar-refractivity contribution in [3.8, 4) is 0 Å². The Labute approximate surface area is 125 Å². The smallest absolute Gasteiger partial charge is 0.199 e. The molecule has 0 amide bonds. The number of rotatable bonds is 2. The molecular weight excluding hydrogens is 264 g/mol. The first-order chi connectivity index (χ1) is 10.3. The van der Waals surface area contributed by atoms with Crippen LogP contribution in [0.4, 0.5) is 0 Å². The molecule has 0 spiro atoms. The van der Waals surface area contributed by atoms with Crippen molar-refractivity contribution in [3.05, 3.63) is 29.7 Å². The number of fused-ring (bicyclic) bond motifs is 1. The highest BCUT2D eigenvalue weighted by atomic mass is 16.5. The van der Waals surface area contributed by atoms with Crippen LogP contribution in [-0.4, -0.2) is 42.2 Å². The molecule has 3 heterocycles. The van der Waals surface area contributed by atoms with E-state index in [2.05, 4.69) is 24.0 Å². The van der Waals surface area contributed by atoms with Crippen LogP contribution in [0, 0.1) is 6.92 Å². The SMILES string of the molecule is Cc1ccc2oc([C@@H]3CCN(C4CCOCC4)C3)nc2c1. The minimum atomic E-state index is 0.445. The number of likely N-dealkylation sites (tertiary alicyclic amines) is 1. The molecule has 0 unspecified atom stereocenters. The summed E-state index contributed by atoms with van der Waals surface area (Å²) in [5.74, 6) is 1.37. The molecule has 112 valence electrons. The van der Waals surface area contributed by atoms with Crippen LogP contribution in [0.3, 0.4) is 0 Å². The van der Waals surface area contributed by atoms with Crippen molar-refractivity contribution in [2.45, 2.75) is 38.1 Å². The van der Waals surface area contributed by atoms with Crippen molar-refractivity contribution in [1.29, 1.82) is 0 Å². The maximum atomic E-state index is 5.98. The van der Waals surface area contributed by atoms with E-state index in [1.165, 1.54) is 18.4 Å². The van der Waals surface area contributed by atoms with Crippen LogP contribution in [0.2, 0.25) is 0 Å². The van der Waals surface area contributed by atoms with Crippen LogP contribution in [0.15, 0.2) is 22.6 Å². The second-order valence-electron chi connectivity index (χ2n) is 6.35. The predicted molar refractivity (Wildman–Crippen MR) is 81.5 cm³/mol. The molecule has 2 aliphatic rings. The van der Waals surface area contributed by atoms with Gasteiger partial charge < -0.3 is 9.15 Å². The summed E-state index contributed by atoms with van der Waals surface area (Å²) in [6.07, 6.45) is 3.49. The number of hydrogen-bond donors (Lipinski definition) is 0. The first kappa shape index (κ1) is 13.3. The first-order valence-electron chi connectivity index (χ1n) is 7.98. The topological polar surface area (TPSA) is 38.5 Å². The van der Waals surface area contributed by atoms with E-state index in [-0.39, 0.29) is 0 Å². The van der Waals surface area contributed by atoms with Crippen LogP contribution in [0.25, 0.3) is 11.1 Å². The van der Waals surface area contributed by atoms with Gasteiger partial charge in [0, 0.05) is 31.7 Å². The Morgan fingerprint density at radius 2 is 2.05 bits per heavy atom. The number of aryl methyl sites for hydroxylation is 1. The van der Waals surface area contributed by atoms with Gasteiger partial charge in [-0.05, 0) is 50.4 Å². The fourth-order valence-corrected chi connectivity index (χ4v) is 3.60. The molecule has 1 atom stereocenters. The molecule has 4 nitrogen and oxygen atoms in total. The van der Waals surface area contributed by atoms with Gasteiger partial charge in [0.25, 0.3) is 0 Å². The maximum absolute atomic E-state index is 5.98. The van der Waals surface area contributed by atoms with E-state index in [9.17, 15) is 0 Å². The third-order valence-corrected chi connectivity index (χ3v) is 4.84. The number of benzene rings is 1. The van der Waals surface area contributed by atoms with E-state index in [0.29, 0.717) is 12.0 Å². The Morgan fingerprint density at radius 3 is 2.90 bits per heavy atom. The monoisotopic (exact) mass is 286 g/mol. The summed E-state index contributed by atoms with van der Waals surface area (Å²) in [6, 6.07) is 6.91. The molecular formula is C17H22N2O2.